The molecule has 1 aliphatic rings. The maximum absolute atomic E-state index is 12.2. The van der Waals surface area contributed by atoms with Crippen LogP contribution >= 0.6 is 0 Å². The summed E-state index contributed by atoms with van der Waals surface area (Å²) >= 11 is 0. The fourth-order valence-electron chi connectivity index (χ4n) is 2.52. The minimum atomic E-state index is -0.886. The van der Waals surface area contributed by atoms with Crippen molar-refractivity contribution < 1.29 is 14.7 Å². The summed E-state index contributed by atoms with van der Waals surface area (Å²) in [6.07, 6.45) is 5.96. The lowest BCUT2D eigenvalue weighted by molar-refractivity contribution is -0.138. The Labute approximate surface area is 108 Å². The van der Waals surface area contributed by atoms with Gasteiger partial charge in [-0.15, -0.1) is 0 Å². The quantitative estimate of drug-likeness (QED) is 0.670. The van der Waals surface area contributed by atoms with Gasteiger partial charge in [-0.05, 0) is 19.3 Å². The first-order chi connectivity index (χ1) is 8.48. The third kappa shape index (κ3) is 4.29. The molecule has 1 saturated carbocycles. The molecule has 0 aromatic carbocycles. The summed E-state index contributed by atoms with van der Waals surface area (Å²) in [7, 11) is 0. The summed E-state index contributed by atoms with van der Waals surface area (Å²) in [5, 5.41) is 11.6. The highest BCUT2D eigenvalue weighted by Crippen LogP contribution is 2.26. The number of hydrogen-bond acceptors (Lipinski definition) is 3. The fourth-order valence-corrected chi connectivity index (χ4v) is 2.52. The van der Waals surface area contributed by atoms with Crippen LogP contribution in [0.25, 0.3) is 0 Å². The number of carboxylic acid groups (broad SMARTS) is 1. The predicted octanol–water partition coefficient (Wildman–Crippen LogP) is 1.41. The second-order valence-electron chi connectivity index (χ2n) is 5.27. The molecule has 0 aromatic rings. The highest BCUT2D eigenvalue weighted by molar-refractivity contribution is 5.86. The topological polar surface area (TPSA) is 92.4 Å². The van der Waals surface area contributed by atoms with E-state index in [0.29, 0.717) is 19.3 Å². The van der Waals surface area contributed by atoms with Gasteiger partial charge in [-0.2, -0.15) is 0 Å². The lowest BCUT2D eigenvalue weighted by Gasteiger charge is -2.33. The zero-order chi connectivity index (χ0) is 13.6. The molecule has 18 heavy (non-hydrogen) atoms. The molecule has 1 atom stereocenters. The van der Waals surface area contributed by atoms with Crippen molar-refractivity contribution in [1.29, 1.82) is 0 Å². The number of carbonyl (C=O) groups is 2. The molecule has 0 saturated heterocycles. The zero-order valence-electron chi connectivity index (χ0n) is 11.1. The van der Waals surface area contributed by atoms with E-state index in [1.165, 1.54) is 0 Å². The molecule has 0 heterocycles. The van der Waals surface area contributed by atoms with Gasteiger partial charge >= 0.3 is 5.97 Å². The molecule has 0 spiro atoms. The average molecular weight is 256 g/mol. The van der Waals surface area contributed by atoms with Gasteiger partial charge in [0.2, 0.25) is 5.91 Å². The van der Waals surface area contributed by atoms with Crippen molar-refractivity contribution in [1.82, 2.24) is 5.32 Å². The highest BCUT2D eigenvalue weighted by atomic mass is 16.4. The van der Waals surface area contributed by atoms with Crippen LogP contribution < -0.4 is 11.1 Å². The van der Waals surface area contributed by atoms with Gasteiger partial charge in [-0.25, -0.2) is 0 Å². The molecule has 1 amide bonds. The number of nitrogens with one attached hydrogen (secondary N) is 1. The number of nitrogens with two attached hydrogens (primary N) is 1. The van der Waals surface area contributed by atoms with E-state index in [9.17, 15) is 9.59 Å². The number of hydrogen-bond donors (Lipinski definition) is 3. The van der Waals surface area contributed by atoms with Crippen molar-refractivity contribution in [2.24, 2.45) is 5.73 Å². The van der Waals surface area contributed by atoms with Gasteiger partial charge in [0, 0.05) is 6.04 Å². The van der Waals surface area contributed by atoms with Gasteiger partial charge in [0.25, 0.3) is 0 Å². The maximum Gasteiger partial charge on any atom is 0.305 e. The minimum Gasteiger partial charge on any atom is -0.481 e. The lowest BCUT2D eigenvalue weighted by atomic mass is 9.81. The standard InChI is InChI=1S/C13H24N2O3/c1-2-6-10(9-11(16)17)15-12(18)13(14)7-4-3-5-8-13/h10H,2-9,14H2,1H3,(H,15,18)(H,16,17). The third-order valence-corrected chi connectivity index (χ3v) is 3.59. The molecule has 5 heteroatoms. The van der Waals surface area contributed by atoms with Crippen molar-refractivity contribution in [2.75, 3.05) is 0 Å². The molecule has 4 N–H and O–H groups in total. The van der Waals surface area contributed by atoms with Gasteiger partial charge < -0.3 is 16.2 Å². The average Bonchev–Trinajstić information content (AvgIpc) is 2.29. The molecule has 5 nitrogen and oxygen atoms in total. The van der Waals surface area contributed by atoms with E-state index >= 15 is 0 Å². The van der Waals surface area contributed by atoms with Gasteiger partial charge in [-0.3, -0.25) is 9.59 Å². The normalized spacial score (nSPS) is 20.1. The Balaban J connectivity index is 2.56. The van der Waals surface area contributed by atoms with E-state index in [2.05, 4.69) is 5.32 Å². The molecule has 1 fully saturated rings. The molecular weight excluding hydrogens is 232 g/mol. The lowest BCUT2D eigenvalue weighted by Crippen LogP contribution is -2.57. The second-order valence-corrected chi connectivity index (χ2v) is 5.27. The number of aliphatic carboxylic acids is 1. The second kappa shape index (κ2) is 6.73. The van der Waals surface area contributed by atoms with Crippen LogP contribution in [-0.4, -0.2) is 28.6 Å². The van der Waals surface area contributed by atoms with Crippen LogP contribution in [0.3, 0.4) is 0 Å². The SMILES string of the molecule is CCCC(CC(=O)O)NC(=O)C1(N)CCCCC1. The summed E-state index contributed by atoms with van der Waals surface area (Å²) in [5.74, 6) is -1.06. The summed E-state index contributed by atoms with van der Waals surface area (Å²) in [4.78, 5) is 22.9. The van der Waals surface area contributed by atoms with Crippen LogP contribution in [0.4, 0.5) is 0 Å². The van der Waals surface area contributed by atoms with Crippen molar-refractivity contribution in [3.05, 3.63) is 0 Å². The van der Waals surface area contributed by atoms with Crippen LogP contribution in [0.2, 0.25) is 0 Å². The molecule has 0 radical (unpaired) electrons. The molecule has 1 unspecified atom stereocenters. The van der Waals surface area contributed by atoms with Crippen molar-refractivity contribution >= 4 is 11.9 Å². The van der Waals surface area contributed by atoms with Gasteiger partial charge in [0.05, 0.1) is 12.0 Å². The molecule has 0 bridgehead atoms. The maximum atomic E-state index is 12.2. The molecule has 104 valence electrons. The van der Waals surface area contributed by atoms with E-state index in [0.717, 1.165) is 25.7 Å². The molecule has 0 aromatic heterocycles. The van der Waals surface area contributed by atoms with Crippen molar-refractivity contribution in [3.63, 3.8) is 0 Å². The monoisotopic (exact) mass is 256 g/mol. The van der Waals surface area contributed by atoms with Gasteiger partial charge in [0.15, 0.2) is 0 Å². The van der Waals surface area contributed by atoms with Crippen LogP contribution in [0.15, 0.2) is 0 Å². The largest absolute Gasteiger partial charge is 0.481 e. The Morgan fingerprint density at radius 2 is 1.94 bits per heavy atom. The van der Waals surface area contributed by atoms with Gasteiger partial charge in [-0.1, -0.05) is 32.6 Å². The van der Waals surface area contributed by atoms with E-state index in [4.69, 9.17) is 10.8 Å². The summed E-state index contributed by atoms with van der Waals surface area (Å²) < 4.78 is 0. The minimum absolute atomic E-state index is 0.0321. The Morgan fingerprint density at radius 3 is 2.44 bits per heavy atom. The number of rotatable bonds is 6. The third-order valence-electron chi connectivity index (χ3n) is 3.59. The van der Waals surface area contributed by atoms with E-state index < -0.39 is 11.5 Å². The first kappa shape index (κ1) is 15.0. The number of carbonyl (C=O) groups excluding carboxylic acids is 1. The summed E-state index contributed by atoms with van der Waals surface area (Å²) in [6, 6.07) is -0.303. The Kier molecular flexibility index (Phi) is 5.59. The van der Waals surface area contributed by atoms with E-state index in [-0.39, 0.29) is 18.4 Å². The highest BCUT2D eigenvalue weighted by Gasteiger charge is 2.36. The Morgan fingerprint density at radius 1 is 1.33 bits per heavy atom. The molecule has 1 aliphatic carbocycles. The Hall–Kier alpha value is -1.10. The van der Waals surface area contributed by atoms with Crippen LogP contribution in [-0.2, 0) is 9.59 Å². The fraction of sp³-hybridized carbons (Fsp3) is 0.846. The van der Waals surface area contributed by atoms with Gasteiger partial charge in [0.1, 0.15) is 0 Å². The number of amides is 1. The molecular formula is C13H24N2O3. The van der Waals surface area contributed by atoms with E-state index in [1.807, 2.05) is 6.92 Å². The summed E-state index contributed by atoms with van der Waals surface area (Å²) in [6.45, 7) is 1.97. The first-order valence-electron chi connectivity index (χ1n) is 6.79. The van der Waals surface area contributed by atoms with Crippen LogP contribution in [0.5, 0.6) is 0 Å². The Bertz CT molecular complexity index is 299. The first-order valence-corrected chi connectivity index (χ1v) is 6.79. The number of carboxylic acids is 1. The summed E-state index contributed by atoms with van der Waals surface area (Å²) in [5.41, 5.74) is 5.33. The predicted molar refractivity (Wildman–Crippen MR) is 69.1 cm³/mol. The smallest absolute Gasteiger partial charge is 0.305 e. The molecule has 0 aliphatic heterocycles. The van der Waals surface area contributed by atoms with Crippen molar-refractivity contribution in [2.45, 2.75) is 69.9 Å². The molecule has 1 rings (SSSR count). The van der Waals surface area contributed by atoms with Crippen molar-refractivity contribution in [3.8, 4) is 0 Å². The van der Waals surface area contributed by atoms with Crippen LogP contribution in [0.1, 0.15) is 58.3 Å². The van der Waals surface area contributed by atoms with E-state index in [1.54, 1.807) is 0 Å². The zero-order valence-corrected chi connectivity index (χ0v) is 11.1. The van der Waals surface area contributed by atoms with Crippen LogP contribution in [0, 0.1) is 0 Å².